The second kappa shape index (κ2) is 4.72. The highest BCUT2D eigenvalue weighted by Crippen LogP contribution is 2.37. The largest absolute Gasteiger partial charge is 0.454 e. The molecule has 2 aliphatic rings. The second-order valence-electron chi connectivity index (χ2n) is 5.81. The molecule has 5 rings (SSSR count). The van der Waals surface area contributed by atoms with Crippen LogP contribution in [0.3, 0.4) is 0 Å². The molecule has 6 heteroatoms. The third-order valence-electron chi connectivity index (χ3n) is 4.37. The van der Waals surface area contributed by atoms with Gasteiger partial charge < -0.3 is 14.1 Å². The Bertz CT molecular complexity index is 859. The van der Waals surface area contributed by atoms with Crippen LogP contribution in [0, 0.1) is 0 Å². The third kappa shape index (κ3) is 1.96. The van der Waals surface area contributed by atoms with Crippen LogP contribution in [-0.2, 0) is 4.74 Å². The first kappa shape index (κ1) is 12.9. The summed E-state index contributed by atoms with van der Waals surface area (Å²) in [6.45, 7) is 1.77. The van der Waals surface area contributed by atoms with E-state index in [-0.39, 0.29) is 0 Å². The summed E-state index contributed by atoms with van der Waals surface area (Å²) in [5.74, 6) is 0.792. The molecule has 4 nitrogen and oxygen atoms in total. The van der Waals surface area contributed by atoms with Crippen molar-refractivity contribution in [2.75, 3.05) is 18.1 Å². The Balaban J connectivity index is 1.50. The molecular weight excluding hydrogens is 320 g/mol. The van der Waals surface area contributed by atoms with Crippen LogP contribution in [0.4, 0.5) is 5.13 Å². The first-order chi connectivity index (χ1) is 10.8. The van der Waals surface area contributed by atoms with Gasteiger partial charge in [0.2, 0.25) is 0 Å². The zero-order valence-electron chi connectivity index (χ0n) is 11.7. The average molecular weight is 333 g/mol. The standard InChI is InChI=1S/C16H13ClN2O2S/c17-10-2-1-9-3-15(21-14(9)4-10)13-8-22-16(18-13)19-6-12-5-11(19)7-20-12/h1-4,8,11-12H,5-7H2. The van der Waals surface area contributed by atoms with E-state index in [1.54, 1.807) is 11.3 Å². The summed E-state index contributed by atoms with van der Waals surface area (Å²) in [6, 6.07) is 8.18. The number of benzene rings is 1. The zero-order valence-corrected chi connectivity index (χ0v) is 13.2. The van der Waals surface area contributed by atoms with E-state index >= 15 is 0 Å². The van der Waals surface area contributed by atoms with Gasteiger partial charge in [-0.05, 0) is 24.6 Å². The van der Waals surface area contributed by atoms with Crippen molar-refractivity contribution < 1.29 is 9.15 Å². The Hall–Kier alpha value is -1.56. The van der Waals surface area contributed by atoms with Crippen LogP contribution in [0.15, 0.2) is 34.1 Å². The molecular formula is C16H13ClN2O2S. The molecule has 112 valence electrons. The Morgan fingerprint density at radius 3 is 3.09 bits per heavy atom. The Morgan fingerprint density at radius 1 is 1.32 bits per heavy atom. The van der Waals surface area contributed by atoms with Gasteiger partial charge in [0.1, 0.15) is 11.3 Å². The molecule has 0 spiro atoms. The smallest absolute Gasteiger partial charge is 0.186 e. The van der Waals surface area contributed by atoms with Gasteiger partial charge in [0, 0.05) is 28.4 Å². The molecule has 0 saturated carbocycles. The van der Waals surface area contributed by atoms with Crippen molar-refractivity contribution in [3.05, 3.63) is 34.7 Å². The molecule has 4 heterocycles. The lowest BCUT2D eigenvalue weighted by Gasteiger charge is -2.25. The lowest BCUT2D eigenvalue weighted by atomic mass is 10.2. The monoisotopic (exact) mass is 332 g/mol. The quantitative estimate of drug-likeness (QED) is 0.705. The minimum atomic E-state index is 0.380. The van der Waals surface area contributed by atoms with Crippen LogP contribution in [0.1, 0.15) is 6.42 Å². The van der Waals surface area contributed by atoms with Gasteiger partial charge in [-0.3, -0.25) is 0 Å². The van der Waals surface area contributed by atoms with E-state index in [0.717, 1.165) is 47.1 Å². The van der Waals surface area contributed by atoms with Crippen molar-refractivity contribution >= 4 is 39.0 Å². The fraction of sp³-hybridized carbons (Fsp3) is 0.312. The number of hydrogen-bond acceptors (Lipinski definition) is 5. The SMILES string of the molecule is Clc1ccc2cc(-c3csc(N4CC5CC4CO5)n3)oc2c1. The maximum atomic E-state index is 6.01. The minimum Gasteiger partial charge on any atom is -0.454 e. The number of anilines is 1. The number of rotatable bonds is 2. The molecule has 2 aliphatic heterocycles. The summed E-state index contributed by atoms with van der Waals surface area (Å²) in [5.41, 5.74) is 1.68. The summed E-state index contributed by atoms with van der Waals surface area (Å²) in [7, 11) is 0. The number of morpholine rings is 1. The van der Waals surface area contributed by atoms with E-state index in [0.29, 0.717) is 17.2 Å². The van der Waals surface area contributed by atoms with Crippen LogP contribution in [0.5, 0.6) is 0 Å². The first-order valence-corrected chi connectivity index (χ1v) is 8.55. The van der Waals surface area contributed by atoms with E-state index in [9.17, 15) is 0 Å². The van der Waals surface area contributed by atoms with E-state index in [1.165, 1.54) is 0 Å². The number of halogens is 1. The van der Waals surface area contributed by atoms with Gasteiger partial charge in [0.25, 0.3) is 0 Å². The van der Waals surface area contributed by atoms with Crippen molar-refractivity contribution in [2.24, 2.45) is 0 Å². The lowest BCUT2D eigenvalue weighted by Crippen LogP contribution is -2.36. The van der Waals surface area contributed by atoms with Gasteiger partial charge in [0.15, 0.2) is 10.9 Å². The van der Waals surface area contributed by atoms with Gasteiger partial charge >= 0.3 is 0 Å². The summed E-state index contributed by atoms with van der Waals surface area (Å²) < 4.78 is 11.5. The van der Waals surface area contributed by atoms with Gasteiger partial charge in [-0.2, -0.15) is 0 Å². The minimum absolute atomic E-state index is 0.380. The predicted octanol–water partition coefficient (Wildman–Crippen LogP) is 4.19. The van der Waals surface area contributed by atoms with Crippen LogP contribution in [0.2, 0.25) is 5.02 Å². The lowest BCUT2D eigenvalue weighted by molar-refractivity contribution is 0.0991. The molecule has 2 atom stereocenters. The van der Waals surface area contributed by atoms with Crippen molar-refractivity contribution in [3.63, 3.8) is 0 Å². The highest BCUT2D eigenvalue weighted by atomic mass is 35.5. The Morgan fingerprint density at radius 2 is 2.27 bits per heavy atom. The third-order valence-corrected chi connectivity index (χ3v) is 5.49. The molecule has 2 bridgehead atoms. The molecule has 0 N–H and O–H groups in total. The van der Waals surface area contributed by atoms with E-state index in [1.807, 2.05) is 24.3 Å². The van der Waals surface area contributed by atoms with E-state index in [2.05, 4.69) is 10.3 Å². The molecule has 0 aliphatic carbocycles. The number of ether oxygens (including phenoxy) is 1. The van der Waals surface area contributed by atoms with Crippen molar-refractivity contribution in [2.45, 2.75) is 18.6 Å². The fourth-order valence-corrected chi connectivity index (χ4v) is 4.33. The van der Waals surface area contributed by atoms with E-state index in [4.69, 9.17) is 25.7 Å². The number of furan rings is 1. The van der Waals surface area contributed by atoms with Crippen LogP contribution >= 0.6 is 22.9 Å². The Kier molecular flexibility index (Phi) is 2.77. The summed E-state index contributed by atoms with van der Waals surface area (Å²) >= 11 is 7.68. The van der Waals surface area contributed by atoms with E-state index < -0.39 is 0 Å². The highest BCUT2D eigenvalue weighted by molar-refractivity contribution is 7.14. The van der Waals surface area contributed by atoms with Crippen LogP contribution in [0.25, 0.3) is 22.4 Å². The molecule has 22 heavy (non-hydrogen) atoms. The average Bonchev–Trinajstić information content (AvgIpc) is 3.28. The van der Waals surface area contributed by atoms with Crippen molar-refractivity contribution in [1.29, 1.82) is 0 Å². The Labute approximate surface area is 136 Å². The molecule has 0 radical (unpaired) electrons. The van der Waals surface area contributed by atoms with Crippen molar-refractivity contribution in [1.82, 2.24) is 4.98 Å². The van der Waals surface area contributed by atoms with Gasteiger partial charge in [0.05, 0.1) is 18.8 Å². The number of hydrogen-bond donors (Lipinski definition) is 0. The maximum absolute atomic E-state index is 6.01. The fourth-order valence-electron chi connectivity index (χ4n) is 3.27. The summed E-state index contributed by atoms with van der Waals surface area (Å²) in [5, 5.41) is 4.84. The zero-order chi connectivity index (χ0) is 14.7. The van der Waals surface area contributed by atoms with Gasteiger partial charge in [-0.15, -0.1) is 11.3 Å². The topological polar surface area (TPSA) is 38.5 Å². The number of nitrogens with zero attached hydrogens (tertiary/aromatic N) is 2. The second-order valence-corrected chi connectivity index (χ2v) is 7.08. The van der Waals surface area contributed by atoms with Gasteiger partial charge in [-0.1, -0.05) is 11.6 Å². The maximum Gasteiger partial charge on any atom is 0.186 e. The molecule has 2 fully saturated rings. The summed E-state index contributed by atoms with van der Waals surface area (Å²) in [4.78, 5) is 7.12. The number of fused-ring (bicyclic) bond motifs is 3. The molecule has 0 amide bonds. The molecule has 1 aromatic carbocycles. The molecule has 3 aromatic rings. The van der Waals surface area contributed by atoms with Crippen LogP contribution in [-0.4, -0.2) is 30.3 Å². The predicted molar refractivity (Wildman–Crippen MR) is 87.8 cm³/mol. The van der Waals surface area contributed by atoms with Crippen LogP contribution < -0.4 is 4.90 Å². The van der Waals surface area contributed by atoms with Crippen molar-refractivity contribution in [3.8, 4) is 11.5 Å². The van der Waals surface area contributed by atoms with Gasteiger partial charge in [-0.25, -0.2) is 4.98 Å². The number of aromatic nitrogens is 1. The summed E-state index contributed by atoms with van der Waals surface area (Å²) in [6.07, 6.45) is 1.50. The normalized spacial score (nSPS) is 23.8. The first-order valence-electron chi connectivity index (χ1n) is 7.29. The molecule has 2 saturated heterocycles. The molecule has 2 aromatic heterocycles. The number of thiazole rings is 1. The molecule has 2 unspecified atom stereocenters. The highest BCUT2D eigenvalue weighted by Gasteiger charge is 2.40.